The third-order valence-corrected chi connectivity index (χ3v) is 3.61. The first-order chi connectivity index (χ1) is 10.1. The first kappa shape index (κ1) is 12.0. The van der Waals surface area contributed by atoms with Gasteiger partial charge in [0.15, 0.2) is 11.5 Å². The summed E-state index contributed by atoms with van der Waals surface area (Å²) in [5.74, 6) is -0.0819. The monoisotopic (exact) mass is 281 g/mol. The molecule has 0 bridgehead atoms. The van der Waals surface area contributed by atoms with Gasteiger partial charge in [-0.25, -0.2) is 19.3 Å². The lowest BCUT2D eigenvalue weighted by Gasteiger charge is -2.07. The van der Waals surface area contributed by atoms with Gasteiger partial charge in [0.05, 0.1) is 11.4 Å². The molecule has 2 N–H and O–H groups in total. The van der Waals surface area contributed by atoms with Crippen LogP contribution in [-0.2, 0) is 6.42 Å². The highest BCUT2D eigenvalue weighted by Crippen LogP contribution is 2.32. The second kappa shape index (κ2) is 4.12. The zero-order valence-electron chi connectivity index (χ0n) is 11.3. The molecule has 0 unspecified atom stereocenters. The number of nitrogen functional groups attached to an aromatic ring is 1. The third-order valence-electron chi connectivity index (χ3n) is 3.61. The van der Waals surface area contributed by atoms with Crippen LogP contribution >= 0.6 is 0 Å². The van der Waals surface area contributed by atoms with E-state index in [1.807, 2.05) is 19.2 Å². The Morgan fingerprint density at radius 3 is 3.00 bits per heavy atom. The Hall–Kier alpha value is -2.76. The van der Waals surface area contributed by atoms with Gasteiger partial charge in [0.25, 0.3) is 0 Å². The molecule has 3 heterocycles. The van der Waals surface area contributed by atoms with Crippen molar-refractivity contribution in [3.05, 3.63) is 59.1 Å². The molecule has 0 saturated heterocycles. The highest BCUT2D eigenvalue weighted by atomic mass is 19.1. The molecule has 1 aliphatic carbocycles. The Labute approximate surface area is 120 Å². The smallest absolute Gasteiger partial charge is 0.220 e. The maximum atomic E-state index is 14.2. The van der Waals surface area contributed by atoms with Crippen LogP contribution < -0.4 is 5.73 Å². The first-order valence-corrected chi connectivity index (χ1v) is 6.59. The second-order valence-corrected chi connectivity index (χ2v) is 5.10. The van der Waals surface area contributed by atoms with Crippen molar-refractivity contribution in [2.45, 2.75) is 13.3 Å². The molecule has 0 aliphatic heterocycles. The minimum Gasteiger partial charge on any atom is -0.368 e. The van der Waals surface area contributed by atoms with E-state index in [2.05, 4.69) is 15.0 Å². The Morgan fingerprint density at radius 2 is 2.14 bits per heavy atom. The molecule has 3 aromatic heterocycles. The van der Waals surface area contributed by atoms with E-state index < -0.39 is 0 Å². The molecular weight excluding hydrogens is 269 g/mol. The molecule has 0 radical (unpaired) electrons. The Kier molecular flexibility index (Phi) is 2.35. The molecule has 1 aliphatic rings. The number of hydrogen-bond donors (Lipinski definition) is 1. The van der Waals surface area contributed by atoms with Crippen molar-refractivity contribution in [3.8, 4) is 0 Å². The van der Waals surface area contributed by atoms with E-state index in [1.165, 1.54) is 6.07 Å². The van der Waals surface area contributed by atoms with Crippen molar-refractivity contribution < 1.29 is 4.39 Å². The number of rotatable bonds is 1. The molecular formula is C15H12FN5. The van der Waals surface area contributed by atoms with Crippen LogP contribution in [0.2, 0.25) is 0 Å². The highest BCUT2D eigenvalue weighted by molar-refractivity contribution is 5.84. The van der Waals surface area contributed by atoms with Crippen LogP contribution in [0.4, 0.5) is 10.3 Å². The van der Waals surface area contributed by atoms with Gasteiger partial charge in [-0.1, -0.05) is 6.08 Å². The van der Waals surface area contributed by atoms with E-state index in [9.17, 15) is 4.39 Å². The lowest BCUT2D eigenvalue weighted by atomic mass is 10.0. The highest BCUT2D eigenvalue weighted by Gasteiger charge is 2.19. The van der Waals surface area contributed by atoms with Gasteiger partial charge in [-0.05, 0) is 18.6 Å². The number of hydrogen-bond acceptors (Lipinski definition) is 4. The van der Waals surface area contributed by atoms with Gasteiger partial charge < -0.3 is 10.1 Å². The predicted molar refractivity (Wildman–Crippen MR) is 77.1 cm³/mol. The van der Waals surface area contributed by atoms with E-state index in [0.717, 1.165) is 28.1 Å². The van der Waals surface area contributed by atoms with Gasteiger partial charge in [-0.15, -0.1) is 0 Å². The van der Waals surface area contributed by atoms with Crippen molar-refractivity contribution in [3.63, 3.8) is 0 Å². The summed E-state index contributed by atoms with van der Waals surface area (Å²) in [4.78, 5) is 12.4. The van der Waals surface area contributed by atoms with Crippen LogP contribution in [0.25, 0.3) is 11.2 Å². The number of fused-ring (bicyclic) bond motifs is 2. The Bertz CT molecular complexity index is 910. The number of nitrogens with two attached hydrogens (primary N) is 1. The standard InChI is InChI=1S/C15H12FN5/c1-8-6-21-7-9(4-12(16)14(21)19-8)10-2-3-13-11(10)5-18-15(17)20-13/h2,4-7H,3H2,1H3,(H2,17,18,20). The molecule has 4 rings (SSSR count). The average molecular weight is 281 g/mol. The fraction of sp³-hybridized carbons (Fsp3) is 0.133. The summed E-state index contributed by atoms with van der Waals surface area (Å²) < 4.78 is 15.9. The molecule has 0 fully saturated rings. The van der Waals surface area contributed by atoms with E-state index >= 15 is 0 Å². The summed E-state index contributed by atoms with van der Waals surface area (Å²) in [6, 6.07) is 1.50. The SMILES string of the molecule is Cc1cn2cc(C3=CCc4nc(N)ncc43)cc(F)c2n1. The fourth-order valence-electron chi connectivity index (χ4n) is 2.72. The molecule has 104 valence electrons. The van der Waals surface area contributed by atoms with Crippen molar-refractivity contribution in [1.29, 1.82) is 0 Å². The lowest BCUT2D eigenvalue weighted by Crippen LogP contribution is -2.00. The fourth-order valence-corrected chi connectivity index (χ4v) is 2.72. The van der Waals surface area contributed by atoms with Gasteiger partial charge in [0.2, 0.25) is 5.95 Å². The number of aryl methyl sites for hydroxylation is 1. The number of imidazole rings is 1. The summed E-state index contributed by atoms with van der Waals surface area (Å²) in [5, 5.41) is 0. The molecule has 0 aromatic carbocycles. The molecule has 0 amide bonds. The number of halogens is 1. The number of aromatic nitrogens is 4. The second-order valence-electron chi connectivity index (χ2n) is 5.10. The van der Waals surface area contributed by atoms with E-state index in [-0.39, 0.29) is 11.8 Å². The molecule has 21 heavy (non-hydrogen) atoms. The number of pyridine rings is 1. The van der Waals surface area contributed by atoms with Crippen molar-refractivity contribution in [2.24, 2.45) is 0 Å². The van der Waals surface area contributed by atoms with Crippen molar-refractivity contribution in [1.82, 2.24) is 19.4 Å². The molecule has 0 spiro atoms. The van der Waals surface area contributed by atoms with Crippen molar-refractivity contribution in [2.75, 3.05) is 5.73 Å². The van der Waals surface area contributed by atoms with Crippen LogP contribution in [-0.4, -0.2) is 19.4 Å². The normalized spacial score (nSPS) is 13.5. The minimum absolute atomic E-state index is 0.260. The largest absolute Gasteiger partial charge is 0.368 e. The quantitative estimate of drug-likeness (QED) is 0.742. The Morgan fingerprint density at radius 1 is 1.29 bits per heavy atom. The van der Waals surface area contributed by atoms with Crippen LogP contribution in [0.5, 0.6) is 0 Å². The van der Waals surface area contributed by atoms with E-state index in [1.54, 1.807) is 16.8 Å². The van der Waals surface area contributed by atoms with Crippen LogP contribution in [0, 0.1) is 12.7 Å². The summed E-state index contributed by atoms with van der Waals surface area (Å²) in [6.45, 7) is 1.84. The zero-order chi connectivity index (χ0) is 14.6. The minimum atomic E-state index is -0.341. The summed E-state index contributed by atoms with van der Waals surface area (Å²) in [7, 11) is 0. The van der Waals surface area contributed by atoms with Crippen LogP contribution in [0.3, 0.4) is 0 Å². The summed E-state index contributed by atoms with van der Waals surface area (Å²) in [6.07, 6.45) is 8.06. The van der Waals surface area contributed by atoms with E-state index in [0.29, 0.717) is 12.1 Å². The molecule has 5 nitrogen and oxygen atoms in total. The first-order valence-electron chi connectivity index (χ1n) is 6.59. The summed E-state index contributed by atoms with van der Waals surface area (Å²) >= 11 is 0. The van der Waals surface area contributed by atoms with E-state index in [4.69, 9.17) is 5.73 Å². The predicted octanol–water partition coefficient (Wildman–Crippen LogP) is 2.14. The van der Waals surface area contributed by atoms with Gasteiger partial charge in [-0.2, -0.15) is 0 Å². The Balaban J connectivity index is 1.89. The summed E-state index contributed by atoms with van der Waals surface area (Å²) in [5.41, 5.74) is 10.2. The third kappa shape index (κ3) is 1.79. The van der Waals surface area contributed by atoms with Crippen molar-refractivity contribution >= 4 is 17.2 Å². The van der Waals surface area contributed by atoms with Gasteiger partial charge >= 0.3 is 0 Å². The molecule has 0 atom stereocenters. The number of anilines is 1. The van der Waals surface area contributed by atoms with Gasteiger partial charge in [-0.3, -0.25) is 0 Å². The maximum absolute atomic E-state index is 14.2. The van der Waals surface area contributed by atoms with Crippen LogP contribution in [0.1, 0.15) is 22.5 Å². The number of nitrogens with zero attached hydrogens (tertiary/aromatic N) is 4. The molecule has 6 heteroatoms. The van der Waals surface area contributed by atoms with Gasteiger partial charge in [0, 0.05) is 36.1 Å². The zero-order valence-corrected chi connectivity index (χ0v) is 11.3. The lowest BCUT2D eigenvalue weighted by molar-refractivity contribution is 0.629. The number of allylic oxidation sites excluding steroid dienone is 1. The maximum Gasteiger partial charge on any atom is 0.220 e. The average Bonchev–Trinajstić information content (AvgIpc) is 3.01. The molecule has 0 saturated carbocycles. The topological polar surface area (TPSA) is 69.1 Å². The molecule has 3 aromatic rings. The van der Waals surface area contributed by atoms with Crippen LogP contribution in [0.15, 0.2) is 30.7 Å². The van der Waals surface area contributed by atoms with Gasteiger partial charge in [0.1, 0.15) is 0 Å².